The number of para-hydroxylation sites is 2. The second-order valence-corrected chi connectivity index (χ2v) is 1.56. The van der Waals surface area contributed by atoms with E-state index in [1.165, 1.54) is 0 Å². The highest BCUT2D eigenvalue weighted by Gasteiger charge is 1.87. The molecule has 0 saturated heterocycles. The Morgan fingerprint density at radius 3 is 2.00 bits per heavy atom. The van der Waals surface area contributed by atoms with Gasteiger partial charge < -0.3 is 10.8 Å². The van der Waals surface area contributed by atoms with E-state index in [4.69, 9.17) is 15.5 Å². The first-order chi connectivity index (χ1) is 4.80. The second-order valence-electron chi connectivity index (χ2n) is 1.56. The van der Waals surface area contributed by atoms with Crippen molar-refractivity contribution in [1.82, 2.24) is 0 Å². The molecule has 0 aliphatic heterocycles. The van der Waals surface area contributed by atoms with Crippen LogP contribution >= 0.6 is 11.9 Å². The number of hydrogen-bond donors (Lipinski definition) is 3. The molecule has 0 fully saturated rings. The van der Waals surface area contributed by atoms with Gasteiger partial charge in [0.25, 0.3) is 0 Å². The molecule has 1 aromatic rings. The van der Waals surface area contributed by atoms with Gasteiger partial charge in [0, 0.05) is 0 Å². The van der Waals surface area contributed by atoms with Crippen molar-refractivity contribution in [3.63, 3.8) is 0 Å². The van der Waals surface area contributed by atoms with Gasteiger partial charge in [0.2, 0.25) is 0 Å². The molecule has 0 atom stereocenters. The van der Waals surface area contributed by atoms with Crippen LogP contribution in [-0.2, 0) is 0 Å². The van der Waals surface area contributed by atoms with E-state index in [1.54, 1.807) is 24.3 Å². The lowest BCUT2D eigenvalue weighted by Gasteiger charge is -1.92. The number of nitrogen functional groups attached to an aromatic ring is 1. The van der Waals surface area contributed by atoms with Crippen LogP contribution in [0.3, 0.4) is 0 Å². The normalized spacial score (nSPS) is 7.80. The summed E-state index contributed by atoms with van der Waals surface area (Å²) in [6.07, 6.45) is 0. The molecule has 0 saturated carbocycles. The SMILES string of the molecule is Nc1ccccc1O.OCl. The second kappa shape index (κ2) is 4.90. The van der Waals surface area contributed by atoms with E-state index in [1.807, 2.05) is 0 Å². The highest BCUT2D eigenvalue weighted by molar-refractivity contribution is 6.04. The number of halogens is 1. The molecular weight excluding hydrogens is 154 g/mol. The summed E-state index contributed by atoms with van der Waals surface area (Å²) in [7, 11) is 0. The minimum Gasteiger partial charge on any atom is -0.506 e. The van der Waals surface area contributed by atoms with Crippen molar-refractivity contribution < 1.29 is 9.77 Å². The van der Waals surface area contributed by atoms with Crippen LogP contribution in [0.2, 0.25) is 0 Å². The van der Waals surface area contributed by atoms with Gasteiger partial charge in [-0.25, -0.2) is 0 Å². The molecule has 4 N–H and O–H groups in total. The van der Waals surface area contributed by atoms with E-state index in [0.29, 0.717) is 5.69 Å². The third-order valence-corrected chi connectivity index (χ3v) is 0.937. The van der Waals surface area contributed by atoms with Crippen LogP contribution in [0.1, 0.15) is 0 Å². The predicted molar refractivity (Wildman–Crippen MR) is 40.6 cm³/mol. The Kier molecular flexibility index (Phi) is 4.45. The van der Waals surface area contributed by atoms with Gasteiger partial charge >= 0.3 is 0 Å². The van der Waals surface area contributed by atoms with Crippen LogP contribution < -0.4 is 5.73 Å². The van der Waals surface area contributed by atoms with Gasteiger partial charge in [0.1, 0.15) is 5.75 Å². The number of phenols is 1. The molecule has 0 aliphatic carbocycles. The first-order valence-electron chi connectivity index (χ1n) is 2.51. The van der Waals surface area contributed by atoms with Crippen molar-refractivity contribution in [2.24, 2.45) is 0 Å². The fraction of sp³-hybridized carbons (Fsp3) is 0. The molecule has 10 heavy (non-hydrogen) atoms. The molecule has 3 nitrogen and oxygen atoms in total. The standard InChI is InChI=1S/C6H7NO.ClHO/c7-5-3-1-2-4-6(5)8;1-2/h1-4,8H,7H2;2H. The average Bonchev–Trinajstić information content (AvgIpc) is 2.00. The Bertz CT molecular complexity index is 172. The van der Waals surface area contributed by atoms with Gasteiger partial charge in [0.05, 0.1) is 17.6 Å². The Balaban J connectivity index is 0.000000371. The topological polar surface area (TPSA) is 66.5 Å². The number of hydrogen-bond acceptors (Lipinski definition) is 3. The number of aromatic hydroxyl groups is 1. The van der Waals surface area contributed by atoms with Gasteiger partial charge in [-0.05, 0) is 12.1 Å². The summed E-state index contributed by atoms with van der Waals surface area (Å²) in [5, 5.41) is 8.79. The molecule has 0 radical (unpaired) electrons. The van der Waals surface area contributed by atoms with Crippen LogP contribution in [0.15, 0.2) is 24.3 Å². The van der Waals surface area contributed by atoms with Crippen molar-refractivity contribution in [2.45, 2.75) is 0 Å². The zero-order valence-corrected chi connectivity index (χ0v) is 5.92. The fourth-order valence-corrected chi connectivity index (χ4v) is 0.488. The summed E-state index contributed by atoms with van der Waals surface area (Å²) < 4.78 is 6.47. The van der Waals surface area contributed by atoms with Crippen LogP contribution in [0, 0.1) is 0 Å². The zero-order valence-electron chi connectivity index (χ0n) is 5.16. The van der Waals surface area contributed by atoms with Gasteiger partial charge in [-0.1, -0.05) is 12.1 Å². The first kappa shape index (κ1) is 9.07. The van der Waals surface area contributed by atoms with E-state index < -0.39 is 0 Å². The number of nitrogens with two attached hydrogens (primary N) is 1. The summed E-state index contributed by atoms with van der Waals surface area (Å²) in [6.45, 7) is 0. The summed E-state index contributed by atoms with van der Waals surface area (Å²) >= 11 is 3.64. The van der Waals surface area contributed by atoms with E-state index in [0.717, 1.165) is 0 Å². The minimum atomic E-state index is 0.146. The Morgan fingerprint density at radius 1 is 1.20 bits per heavy atom. The highest BCUT2D eigenvalue weighted by Crippen LogP contribution is 2.16. The van der Waals surface area contributed by atoms with E-state index in [-0.39, 0.29) is 5.75 Å². The summed E-state index contributed by atoms with van der Waals surface area (Å²) in [5.74, 6) is 0.146. The summed E-state index contributed by atoms with van der Waals surface area (Å²) in [4.78, 5) is 0. The highest BCUT2D eigenvalue weighted by atomic mass is 35.5. The monoisotopic (exact) mass is 161 g/mol. The molecule has 0 aliphatic rings. The largest absolute Gasteiger partial charge is 0.506 e. The number of benzene rings is 1. The van der Waals surface area contributed by atoms with Crippen LogP contribution in [-0.4, -0.2) is 9.77 Å². The molecule has 1 rings (SSSR count). The number of rotatable bonds is 0. The zero-order chi connectivity index (χ0) is 7.98. The Morgan fingerprint density at radius 2 is 1.70 bits per heavy atom. The quantitative estimate of drug-likeness (QED) is 0.395. The van der Waals surface area contributed by atoms with Crippen molar-refractivity contribution in [1.29, 1.82) is 0 Å². The summed E-state index contributed by atoms with van der Waals surface area (Å²) in [6, 6.07) is 6.70. The van der Waals surface area contributed by atoms with Gasteiger partial charge in [-0.15, -0.1) is 0 Å². The fourth-order valence-electron chi connectivity index (χ4n) is 0.488. The van der Waals surface area contributed by atoms with Crippen molar-refractivity contribution in [3.05, 3.63) is 24.3 Å². The molecule has 0 spiro atoms. The molecule has 0 amide bonds. The third kappa shape index (κ3) is 2.57. The van der Waals surface area contributed by atoms with E-state index in [2.05, 4.69) is 11.9 Å². The lowest BCUT2D eigenvalue weighted by molar-refractivity contribution is 0.478. The molecule has 4 heteroatoms. The molecule has 0 bridgehead atoms. The van der Waals surface area contributed by atoms with Crippen molar-refractivity contribution in [2.75, 3.05) is 5.73 Å². The number of anilines is 1. The molecule has 0 heterocycles. The van der Waals surface area contributed by atoms with Crippen molar-refractivity contribution >= 4 is 17.6 Å². The number of phenolic OH excluding ortho intramolecular Hbond substituents is 1. The Hall–Kier alpha value is -0.930. The summed E-state index contributed by atoms with van der Waals surface area (Å²) in [5.41, 5.74) is 5.69. The third-order valence-electron chi connectivity index (χ3n) is 0.937. The molecular formula is C6H8ClNO2. The van der Waals surface area contributed by atoms with Gasteiger partial charge in [-0.2, -0.15) is 0 Å². The molecule has 56 valence electrons. The first-order valence-corrected chi connectivity index (χ1v) is 2.85. The van der Waals surface area contributed by atoms with Crippen LogP contribution in [0.5, 0.6) is 5.75 Å². The van der Waals surface area contributed by atoms with Gasteiger partial charge in [-0.3, -0.25) is 4.66 Å². The molecule has 0 unspecified atom stereocenters. The van der Waals surface area contributed by atoms with E-state index >= 15 is 0 Å². The molecule has 0 aromatic heterocycles. The van der Waals surface area contributed by atoms with E-state index in [9.17, 15) is 0 Å². The maximum absolute atomic E-state index is 8.79. The van der Waals surface area contributed by atoms with Crippen LogP contribution in [0.25, 0.3) is 0 Å². The molecule has 1 aromatic carbocycles. The maximum atomic E-state index is 8.79. The smallest absolute Gasteiger partial charge is 0.138 e. The average molecular weight is 162 g/mol. The van der Waals surface area contributed by atoms with Crippen LogP contribution in [0.4, 0.5) is 5.69 Å². The van der Waals surface area contributed by atoms with Crippen molar-refractivity contribution in [3.8, 4) is 5.75 Å². The Labute approximate surface area is 63.8 Å². The predicted octanol–water partition coefficient (Wildman–Crippen LogP) is 1.11. The minimum absolute atomic E-state index is 0.146. The maximum Gasteiger partial charge on any atom is 0.138 e. The lowest BCUT2D eigenvalue weighted by atomic mass is 10.3. The van der Waals surface area contributed by atoms with Gasteiger partial charge in [0.15, 0.2) is 0 Å². The lowest BCUT2D eigenvalue weighted by Crippen LogP contribution is -1.82.